The Hall–Kier alpha value is -2.16. The maximum Gasteiger partial charge on any atom is 0.160 e. The number of hydrogen-bond donors (Lipinski definition) is 0. The molecule has 20 heavy (non-hydrogen) atoms. The third-order valence-corrected chi connectivity index (χ3v) is 3.65. The van der Waals surface area contributed by atoms with E-state index in [-0.39, 0.29) is 0 Å². The van der Waals surface area contributed by atoms with Crippen LogP contribution in [0.25, 0.3) is 11.2 Å². The van der Waals surface area contributed by atoms with Crippen LogP contribution in [0.2, 0.25) is 0 Å². The van der Waals surface area contributed by atoms with Crippen LogP contribution in [-0.4, -0.2) is 14.5 Å². The molecule has 0 radical (unpaired) electrons. The zero-order valence-corrected chi connectivity index (χ0v) is 12.0. The van der Waals surface area contributed by atoms with Crippen molar-refractivity contribution in [1.82, 2.24) is 14.5 Å². The van der Waals surface area contributed by atoms with Crippen molar-refractivity contribution in [3.63, 3.8) is 0 Å². The fourth-order valence-corrected chi connectivity index (χ4v) is 2.54. The molecule has 3 heteroatoms. The van der Waals surface area contributed by atoms with E-state index in [1.54, 1.807) is 0 Å². The maximum atomic E-state index is 4.73. The van der Waals surface area contributed by atoms with E-state index in [4.69, 9.17) is 4.98 Å². The van der Waals surface area contributed by atoms with E-state index < -0.39 is 0 Å². The summed E-state index contributed by atoms with van der Waals surface area (Å²) in [6, 6.07) is 12.5. The first-order valence-corrected chi connectivity index (χ1v) is 7.14. The molecule has 0 aliphatic heterocycles. The Morgan fingerprint density at radius 3 is 2.75 bits per heavy atom. The second-order valence-corrected chi connectivity index (χ2v) is 5.14. The summed E-state index contributed by atoms with van der Waals surface area (Å²) in [5, 5.41) is 0. The van der Waals surface area contributed by atoms with Crippen LogP contribution in [0.5, 0.6) is 0 Å². The summed E-state index contributed by atoms with van der Waals surface area (Å²) in [5.74, 6) is 1.13. The quantitative estimate of drug-likeness (QED) is 0.719. The van der Waals surface area contributed by atoms with Crippen LogP contribution in [0.3, 0.4) is 0 Å². The SMILES string of the molecule is CCCc1nc2cccnc2n1Cc1ccccc1C. The summed E-state index contributed by atoms with van der Waals surface area (Å²) < 4.78 is 2.25. The van der Waals surface area contributed by atoms with Crippen LogP contribution < -0.4 is 0 Å². The van der Waals surface area contributed by atoms with E-state index in [0.29, 0.717) is 0 Å². The molecule has 0 unspecified atom stereocenters. The van der Waals surface area contributed by atoms with E-state index in [2.05, 4.69) is 47.7 Å². The van der Waals surface area contributed by atoms with Crippen LogP contribution in [0.1, 0.15) is 30.3 Å². The molecule has 0 fully saturated rings. The van der Waals surface area contributed by atoms with Gasteiger partial charge in [-0.2, -0.15) is 0 Å². The lowest BCUT2D eigenvalue weighted by atomic mass is 10.1. The third kappa shape index (κ3) is 2.31. The molecule has 102 valence electrons. The van der Waals surface area contributed by atoms with Gasteiger partial charge in [-0.1, -0.05) is 31.2 Å². The third-order valence-electron chi connectivity index (χ3n) is 3.65. The van der Waals surface area contributed by atoms with Crippen LogP contribution >= 0.6 is 0 Å². The minimum absolute atomic E-state index is 0.843. The Labute approximate surface area is 119 Å². The van der Waals surface area contributed by atoms with Crippen molar-refractivity contribution in [3.05, 3.63) is 59.5 Å². The molecular weight excluding hydrogens is 246 g/mol. The molecule has 2 aromatic heterocycles. The van der Waals surface area contributed by atoms with Gasteiger partial charge in [0.2, 0.25) is 0 Å². The van der Waals surface area contributed by atoms with E-state index in [1.807, 2.05) is 18.3 Å². The first kappa shape index (κ1) is 12.9. The zero-order chi connectivity index (χ0) is 13.9. The van der Waals surface area contributed by atoms with Crippen molar-refractivity contribution in [2.75, 3.05) is 0 Å². The van der Waals surface area contributed by atoms with Gasteiger partial charge in [-0.15, -0.1) is 0 Å². The van der Waals surface area contributed by atoms with Crippen molar-refractivity contribution in [1.29, 1.82) is 0 Å². The number of benzene rings is 1. The molecule has 0 aliphatic rings. The molecule has 0 spiro atoms. The van der Waals surface area contributed by atoms with Gasteiger partial charge in [0.1, 0.15) is 11.3 Å². The highest BCUT2D eigenvalue weighted by molar-refractivity contribution is 5.71. The summed E-state index contributed by atoms with van der Waals surface area (Å²) in [6.45, 7) is 5.18. The number of rotatable bonds is 4. The minimum atomic E-state index is 0.843. The van der Waals surface area contributed by atoms with E-state index in [1.165, 1.54) is 11.1 Å². The maximum absolute atomic E-state index is 4.73. The van der Waals surface area contributed by atoms with Crippen LogP contribution in [0.4, 0.5) is 0 Å². The molecule has 0 aliphatic carbocycles. The van der Waals surface area contributed by atoms with Gasteiger partial charge in [0.25, 0.3) is 0 Å². The highest BCUT2D eigenvalue weighted by Gasteiger charge is 2.11. The molecule has 0 saturated heterocycles. The highest BCUT2D eigenvalue weighted by atomic mass is 15.1. The van der Waals surface area contributed by atoms with Gasteiger partial charge in [0.15, 0.2) is 5.65 Å². The van der Waals surface area contributed by atoms with Gasteiger partial charge in [-0.05, 0) is 36.6 Å². The molecule has 1 aromatic carbocycles. The minimum Gasteiger partial charge on any atom is -0.308 e. The standard InChI is InChI=1S/C17H19N3/c1-3-7-16-19-15-10-6-11-18-17(15)20(16)12-14-9-5-4-8-13(14)2/h4-6,8-11H,3,7,12H2,1-2H3. The summed E-state index contributed by atoms with van der Waals surface area (Å²) in [4.78, 5) is 9.24. The largest absolute Gasteiger partial charge is 0.308 e. The summed E-state index contributed by atoms with van der Waals surface area (Å²) in [5.41, 5.74) is 4.62. The van der Waals surface area contributed by atoms with Gasteiger partial charge in [0, 0.05) is 12.6 Å². The Morgan fingerprint density at radius 1 is 1.10 bits per heavy atom. The van der Waals surface area contributed by atoms with E-state index in [9.17, 15) is 0 Å². The van der Waals surface area contributed by atoms with Crippen LogP contribution in [0.15, 0.2) is 42.6 Å². The Balaban J connectivity index is 2.09. The molecule has 0 atom stereocenters. The van der Waals surface area contributed by atoms with Gasteiger partial charge in [-0.3, -0.25) is 0 Å². The van der Waals surface area contributed by atoms with Crippen molar-refractivity contribution >= 4 is 11.2 Å². The normalized spacial score (nSPS) is 11.1. The lowest BCUT2D eigenvalue weighted by Crippen LogP contribution is -2.07. The van der Waals surface area contributed by atoms with E-state index in [0.717, 1.165) is 36.4 Å². The smallest absolute Gasteiger partial charge is 0.160 e. The van der Waals surface area contributed by atoms with Gasteiger partial charge in [-0.25, -0.2) is 9.97 Å². The first-order chi connectivity index (χ1) is 9.79. The predicted octanol–water partition coefficient (Wildman–Crippen LogP) is 3.74. The second kappa shape index (κ2) is 5.45. The number of imidazole rings is 1. The lowest BCUT2D eigenvalue weighted by Gasteiger charge is -2.10. The van der Waals surface area contributed by atoms with Crippen molar-refractivity contribution in [3.8, 4) is 0 Å². The average molecular weight is 265 g/mol. The molecule has 0 amide bonds. The summed E-state index contributed by atoms with van der Waals surface area (Å²) in [6.07, 6.45) is 3.92. The van der Waals surface area contributed by atoms with Gasteiger partial charge < -0.3 is 4.57 Å². The second-order valence-electron chi connectivity index (χ2n) is 5.14. The Kier molecular flexibility index (Phi) is 3.50. The number of aromatic nitrogens is 3. The Morgan fingerprint density at radius 2 is 1.95 bits per heavy atom. The molecule has 0 bridgehead atoms. The van der Waals surface area contributed by atoms with Gasteiger partial charge in [0.05, 0.1) is 6.54 Å². The summed E-state index contributed by atoms with van der Waals surface area (Å²) in [7, 11) is 0. The van der Waals surface area contributed by atoms with E-state index >= 15 is 0 Å². The number of nitrogens with zero attached hydrogens (tertiary/aromatic N) is 3. The number of hydrogen-bond acceptors (Lipinski definition) is 2. The lowest BCUT2D eigenvalue weighted by molar-refractivity contribution is 0.714. The first-order valence-electron chi connectivity index (χ1n) is 7.14. The fourth-order valence-electron chi connectivity index (χ4n) is 2.54. The summed E-state index contributed by atoms with van der Waals surface area (Å²) >= 11 is 0. The van der Waals surface area contributed by atoms with Crippen molar-refractivity contribution < 1.29 is 0 Å². The predicted molar refractivity (Wildman–Crippen MR) is 81.8 cm³/mol. The molecule has 0 saturated carbocycles. The highest BCUT2D eigenvalue weighted by Crippen LogP contribution is 2.18. The van der Waals surface area contributed by atoms with Gasteiger partial charge >= 0.3 is 0 Å². The molecule has 2 heterocycles. The Bertz CT molecular complexity index is 728. The number of pyridine rings is 1. The molecule has 3 aromatic rings. The fraction of sp³-hybridized carbons (Fsp3) is 0.294. The molecule has 3 rings (SSSR count). The number of aryl methyl sites for hydroxylation is 2. The average Bonchev–Trinajstić information content (AvgIpc) is 2.80. The molecule has 0 N–H and O–H groups in total. The van der Waals surface area contributed by atoms with Crippen molar-refractivity contribution in [2.45, 2.75) is 33.2 Å². The number of fused-ring (bicyclic) bond motifs is 1. The van der Waals surface area contributed by atoms with Crippen molar-refractivity contribution in [2.24, 2.45) is 0 Å². The van der Waals surface area contributed by atoms with Crippen LogP contribution in [-0.2, 0) is 13.0 Å². The molecule has 3 nitrogen and oxygen atoms in total. The molecular formula is C17H19N3. The zero-order valence-electron chi connectivity index (χ0n) is 12.0. The monoisotopic (exact) mass is 265 g/mol. The van der Waals surface area contributed by atoms with Crippen LogP contribution in [0, 0.1) is 6.92 Å². The topological polar surface area (TPSA) is 30.7 Å².